The van der Waals surface area contributed by atoms with Crippen LogP contribution in [0, 0.1) is 13.8 Å². The van der Waals surface area contributed by atoms with Crippen LogP contribution in [0.2, 0.25) is 0 Å². The Hall–Kier alpha value is -1.98. The number of hydrogen-bond donors (Lipinski definition) is 2. The quantitative estimate of drug-likeness (QED) is 0.867. The van der Waals surface area contributed by atoms with Gasteiger partial charge in [0.1, 0.15) is 11.6 Å². The van der Waals surface area contributed by atoms with E-state index in [4.69, 9.17) is 0 Å². The summed E-state index contributed by atoms with van der Waals surface area (Å²) in [7, 11) is 0. The lowest BCUT2D eigenvalue weighted by Crippen LogP contribution is -2.29. The largest absolute Gasteiger partial charge is 0.368 e. The Morgan fingerprint density at radius 1 is 1.23 bits per heavy atom. The van der Waals surface area contributed by atoms with Gasteiger partial charge in [0.25, 0.3) is 0 Å². The highest BCUT2D eigenvalue weighted by Crippen LogP contribution is 2.29. The summed E-state index contributed by atoms with van der Waals surface area (Å²) in [6, 6.07) is 8.83. The molecule has 138 valence electrons. The predicted octanol–water partition coefficient (Wildman–Crippen LogP) is 2.64. The number of nitrogens with zero attached hydrogens (tertiary/aromatic N) is 3. The van der Waals surface area contributed by atoms with Crippen LogP contribution >= 0.6 is 0 Å². The van der Waals surface area contributed by atoms with Crippen molar-refractivity contribution in [2.45, 2.75) is 39.2 Å². The number of anilines is 1. The van der Waals surface area contributed by atoms with Crippen LogP contribution in [-0.4, -0.2) is 47.6 Å². The molecule has 2 aliphatic heterocycles. The van der Waals surface area contributed by atoms with Gasteiger partial charge in [-0.1, -0.05) is 24.3 Å². The third kappa shape index (κ3) is 3.74. The predicted molar refractivity (Wildman–Crippen MR) is 106 cm³/mol. The number of nitrogens with one attached hydrogen (secondary N) is 2. The van der Waals surface area contributed by atoms with Crippen LogP contribution in [0.15, 0.2) is 24.3 Å². The van der Waals surface area contributed by atoms with Crippen LogP contribution in [0.25, 0.3) is 0 Å². The average Bonchev–Trinajstić information content (AvgIpc) is 3.10. The van der Waals surface area contributed by atoms with E-state index in [1.807, 2.05) is 6.92 Å². The van der Waals surface area contributed by atoms with Gasteiger partial charge in [0.2, 0.25) is 0 Å². The van der Waals surface area contributed by atoms with Crippen molar-refractivity contribution >= 4 is 5.82 Å². The summed E-state index contributed by atoms with van der Waals surface area (Å²) in [5, 5.41) is 6.98. The molecule has 5 heteroatoms. The van der Waals surface area contributed by atoms with Gasteiger partial charge in [0.05, 0.1) is 5.69 Å². The zero-order valence-corrected chi connectivity index (χ0v) is 15.9. The van der Waals surface area contributed by atoms with Crippen molar-refractivity contribution in [3.8, 4) is 0 Å². The Morgan fingerprint density at radius 3 is 3.00 bits per heavy atom. The number of rotatable bonds is 5. The highest BCUT2D eigenvalue weighted by Gasteiger charge is 2.24. The molecule has 1 aromatic heterocycles. The molecule has 2 aromatic rings. The van der Waals surface area contributed by atoms with E-state index in [0.717, 1.165) is 56.5 Å². The second-order valence-corrected chi connectivity index (χ2v) is 7.54. The lowest BCUT2D eigenvalue weighted by Gasteiger charge is -2.21. The van der Waals surface area contributed by atoms with Crippen LogP contribution in [-0.2, 0) is 13.0 Å². The molecule has 3 heterocycles. The van der Waals surface area contributed by atoms with Crippen molar-refractivity contribution in [3.63, 3.8) is 0 Å². The van der Waals surface area contributed by atoms with Crippen molar-refractivity contribution < 1.29 is 0 Å². The first kappa shape index (κ1) is 17.4. The van der Waals surface area contributed by atoms with Gasteiger partial charge >= 0.3 is 0 Å². The van der Waals surface area contributed by atoms with Crippen LogP contribution < -0.4 is 10.6 Å². The molecule has 0 aliphatic carbocycles. The molecule has 2 N–H and O–H groups in total. The fourth-order valence-corrected chi connectivity index (χ4v) is 4.30. The van der Waals surface area contributed by atoms with E-state index in [1.54, 1.807) is 0 Å². The summed E-state index contributed by atoms with van der Waals surface area (Å²) < 4.78 is 0. The molecule has 0 radical (unpaired) electrons. The normalized spacial score (nSPS) is 20.2. The van der Waals surface area contributed by atoms with Gasteiger partial charge in [-0.3, -0.25) is 0 Å². The minimum absolute atomic E-state index is 0.677. The van der Waals surface area contributed by atoms with E-state index >= 15 is 0 Å². The summed E-state index contributed by atoms with van der Waals surface area (Å²) in [4.78, 5) is 11.8. The summed E-state index contributed by atoms with van der Waals surface area (Å²) in [5.41, 5.74) is 5.41. The standard InChI is InChI=1S/C21H29N5/c1-15-5-3-4-6-18(15)17-8-11-26(14-17)12-10-23-21-19-7-9-22-13-20(19)24-16(2)25-21/h3-6,17,22H,7-14H2,1-2H3,(H,23,24,25)/t17-/m1/s1. The van der Waals surface area contributed by atoms with E-state index in [2.05, 4.69) is 56.7 Å². The summed E-state index contributed by atoms with van der Waals surface area (Å²) in [6.45, 7) is 10.4. The maximum Gasteiger partial charge on any atom is 0.133 e. The molecule has 0 saturated carbocycles. The second kappa shape index (κ2) is 7.72. The molecule has 1 aromatic carbocycles. The maximum absolute atomic E-state index is 4.66. The van der Waals surface area contributed by atoms with Gasteiger partial charge in [-0.15, -0.1) is 0 Å². The summed E-state index contributed by atoms with van der Waals surface area (Å²) in [5.74, 6) is 2.58. The molecule has 1 fully saturated rings. The first-order chi connectivity index (χ1) is 12.7. The van der Waals surface area contributed by atoms with Crippen molar-refractivity contribution in [1.29, 1.82) is 0 Å². The van der Waals surface area contributed by atoms with Crippen molar-refractivity contribution in [2.75, 3.05) is 38.0 Å². The average molecular weight is 351 g/mol. The lowest BCUT2D eigenvalue weighted by atomic mass is 9.94. The number of fused-ring (bicyclic) bond motifs is 1. The Morgan fingerprint density at radius 2 is 2.12 bits per heavy atom. The van der Waals surface area contributed by atoms with E-state index in [9.17, 15) is 0 Å². The van der Waals surface area contributed by atoms with Gasteiger partial charge in [-0.05, 0) is 56.8 Å². The van der Waals surface area contributed by atoms with Gasteiger partial charge in [0.15, 0.2) is 0 Å². The molecule has 0 spiro atoms. The van der Waals surface area contributed by atoms with Gasteiger partial charge < -0.3 is 15.5 Å². The topological polar surface area (TPSA) is 53.1 Å². The number of aromatic nitrogens is 2. The maximum atomic E-state index is 4.66. The van der Waals surface area contributed by atoms with Crippen molar-refractivity contribution in [1.82, 2.24) is 20.2 Å². The number of aryl methyl sites for hydroxylation is 2. The lowest BCUT2D eigenvalue weighted by molar-refractivity contribution is 0.347. The zero-order valence-electron chi connectivity index (χ0n) is 15.9. The fraction of sp³-hybridized carbons (Fsp3) is 0.524. The van der Waals surface area contributed by atoms with E-state index < -0.39 is 0 Å². The highest BCUT2D eigenvalue weighted by molar-refractivity contribution is 5.47. The Balaban J connectivity index is 1.33. The minimum atomic E-state index is 0.677. The van der Waals surface area contributed by atoms with Gasteiger partial charge in [0, 0.05) is 31.7 Å². The smallest absolute Gasteiger partial charge is 0.133 e. The molecular formula is C21H29N5. The molecule has 0 unspecified atom stereocenters. The van der Waals surface area contributed by atoms with Crippen molar-refractivity contribution in [2.24, 2.45) is 0 Å². The molecule has 26 heavy (non-hydrogen) atoms. The third-order valence-corrected chi connectivity index (χ3v) is 5.67. The summed E-state index contributed by atoms with van der Waals surface area (Å²) in [6.07, 6.45) is 2.27. The van der Waals surface area contributed by atoms with Crippen LogP contribution in [0.3, 0.4) is 0 Å². The molecule has 2 aliphatic rings. The first-order valence-electron chi connectivity index (χ1n) is 9.79. The fourth-order valence-electron chi connectivity index (χ4n) is 4.30. The monoisotopic (exact) mass is 351 g/mol. The Labute approximate surface area is 156 Å². The van der Waals surface area contributed by atoms with Crippen LogP contribution in [0.5, 0.6) is 0 Å². The Kier molecular flexibility index (Phi) is 5.18. The van der Waals surface area contributed by atoms with Gasteiger partial charge in [-0.25, -0.2) is 9.97 Å². The molecule has 4 rings (SSSR count). The van der Waals surface area contributed by atoms with E-state index in [1.165, 1.54) is 29.7 Å². The second-order valence-electron chi connectivity index (χ2n) is 7.54. The van der Waals surface area contributed by atoms with Crippen molar-refractivity contribution in [3.05, 3.63) is 52.5 Å². The number of likely N-dealkylation sites (tertiary alicyclic amines) is 1. The number of benzene rings is 1. The summed E-state index contributed by atoms with van der Waals surface area (Å²) >= 11 is 0. The zero-order chi connectivity index (χ0) is 17.9. The third-order valence-electron chi connectivity index (χ3n) is 5.67. The molecule has 1 saturated heterocycles. The first-order valence-corrected chi connectivity index (χ1v) is 9.79. The van der Waals surface area contributed by atoms with Crippen LogP contribution in [0.1, 0.15) is 40.5 Å². The SMILES string of the molecule is Cc1nc2c(c(NCCN3CC[C@@H](c4ccccc4C)C3)n1)CCNC2. The number of hydrogen-bond acceptors (Lipinski definition) is 5. The van der Waals surface area contributed by atoms with Crippen LogP contribution in [0.4, 0.5) is 5.82 Å². The minimum Gasteiger partial charge on any atom is -0.368 e. The van der Waals surface area contributed by atoms with E-state index in [-0.39, 0.29) is 0 Å². The molecule has 0 bridgehead atoms. The molecule has 1 atom stereocenters. The van der Waals surface area contributed by atoms with Gasteiger partial charge in [-0.2, -0.15) is 0 Å². The molecule has 0 amide bonds. The molecule has 5 nitrogen and oxygen atoms in total. The highest BCUT2D eigenvalue weighted by atomic mass is 15.2. The Bertz CT molecular complexity index is 773. The molecular weight excluding hydrogens is 322 g/mol. The van der Waals surface area contributed by atoms with E-state index in [0.29, 0.717) is 5.92 Å².